The number of fused-ring (bicyclic) bond motifs is 1. The molecule has 0 aromatic heterocycles. The minimum atomic E-state index is -1.01. The van der Waals surface area contributed by atoms with Crippen molar-refractivity contribution in [3.05, 3.63) is 29.3 Å². The Kier molecular flexibility index (Phi) is 4.13. The van der Waals surface area contributed by atoms with Gasteiger partial charge in [0.1, 0.15) is 6.61 Å². The van der Waals surface area contributed by atoms with Gasteiger partial charge in [-0.05, 0) is 23.6 Å². The number of hydrogen-bond donors (Lipinski definition) is 3. The van der Waals surface area contributed by atoms with E-state index in [0.29, 0.717) is 12.8 Å². The first-order chi connectivity index (χ1) is 9.06. The number of nitrogens with two attached hydrogens (primary N) is 1. The van der Waals surface area contributed by atoms with E-state index in [4.69, 9.17) is 15.6 Å². The van der Waals surface area contributed by atoms with Gasteiger partial charge in [0.2, 0.25) is 5.91 Å². The fraction of sp³-hybridized carbons (Fsp3) is 0.385. The maximum atomic E-state index is 11.2. The highest BCUT2D eigenvalue weighted by Gasteiger charge is 2.16. The van der Waals surface area contributed by atoms with Crippen LogP contribution in [0.3, 0.4) is 0 Å². The second-order valence-corrected chi connectivity index (χ2v) is 4.48. The second-order valence-electron chi connectivity index (χ2n) is 4.48. The zero-order chi connectivity index (χ0) is 13.8. The number of ether oxygens (including phenoxy) is 1. The van der Waals surface area contributed by atoms with Gasteiger partial charge in [0, 0.05) is 12.1 Å². The first-order valence-electron chi connectivity index (χ1n) is 6.04. The number of anilines is 1. The van der Waals surface area contributed by atoms with E-state index in [1.165, 1.54) is 0 Å². The first kappa shape index (κ1) is 13.5. The SMILES string of the molecule is NC(COCC(=O)O)c1ccc2c(c1)CCC(=O)N2. The Morgan fingerprint density at radius 3 is 3.00 bits per heavy atom. The van der Waals surface area contributed by atoms with E-state index in [-0.39, 0.29) is 25.2 Å². The van der Waals surface area contributed by atoms with Crippen LogP contribution in [0.25, 0.3) is 0 Å². The van der Waals surface area contributed by atoms with E-state index in [1.54, 1.807) is 0 Å². The van der Waals surface area contributed by atoms with Gasteiger partial charge in [0.15, 0.2) is 0 Å². The fourth-order valence-corrected chi connectivity index (χ4v) is 2.00. The molecule has 1 unspecified atom stereocenters. The van der Waals surface area contributed by atoms with Gasteiger partial charge in [-0.25, -0.2) is 4.79 Å². The van der Waals surface area contributed by atoms with E-state index in [1.807, 2.05) is 18.2 Å². The lowest BCUT2D eigenvalue weighted by Gasteiger charge is -2.19. The Labute approximate surface area is 110 Å². The summed E-state index contributed by atoms with van der Waals surface area (Å²) in [7, 11) is 0. The minimum Gasteiger partial charge on any atom is -0.480 e. The molecular weight excluding hydrogens is 248 g/mol. The van der Waals surface area contributed by atoms with E-state index >= 15 is 0 Å². The molecule has 0 spiro atoms. The van der Waals surface area contributed by atoms with Crippen molar-refractivity contribution in [1.29, 1.82) is 0 Å². The van der Waals surface area contributed by atoms with Crippen LogP contribution in [0.5, 0.6) is 0 Å². The topological polar surface area (TPSA) is 102 Å². The molecule has 102 valence electrons. The van der Waals surface area contributed by atoms with E-state index in [2.05, 4.69) is 5.32 Å². The highest BCUT2D eigenvalue weighted by Crippen LogP contribution is 2.25. The molecule has 19 heavy (non-hydrogen) atoms. The molecular formula is C13H16N2O4. The fourth-order valence-electron chi connectivity index (χ4n) is 2.00. The summed E-state index contributed by atoms with van der Waals surface area (Å²) < 4.78 is 4.98. The summed E-state index contributed by atoms with van der Waals surface area (Å²) in [5.74, 6) is -0.991. The Morgan fingerprint density at radius 1 is 1.47 bits per heavy atom. The number of benzene rings is 1. The molecule has 1 aromatic carbocycles. The van der Waals surface area contributed by atoms with Crippen LogP contribution >= 0.6 is 0 Å². The van der Waals surface area contributed by atoms with Crippen LogP contribution in [0.1, 0.15) is 23.6 Å². The summed E-state index contributed by atoms with van der Waals surface area (Å²) in [4.78, 5) is 21.6. The number of amides is 1. The van der Waals surface area contributed by atoms with Gasteiger partial charge in [0.05, 0.1) is 12.6 Å². The van der Waals surface area contributed by atoms with Gasteiger partial charge in [0.25, 0.3) is 0 Å². The van der Waals surface area contributed by atoms with Crippen molar-refractivity contribution in [2.75, 3.05) is 18.5 Å². The summed E-state index contributed by atoms with van der Waals surface area (Å²) in [6, 6.07) is 5.20. The predicted octanol–water partition coefficient (Wildman–Crippen LogP) is 0.672. The molecule has 1 aromatic rings. The van der Waals surface area contributed by atoms with E-state index in [9.17, 15) is 9.59 Å². The van der Waals surface area contributed by atoms with Crippen molar-refractivity contribution < 1.29 is 19.4 Å². The van der Waals surface area contributed by atoms with Crippen molar-refractivity contribution in [3.8, 4) is 0 Å². The smallest absolute Gasteiger partial charge is 0.329 e. The number of rotatable bonds is 5. The van der Waals surface area contributed by atoms with Crippen LogP contribution in [-0.2, 0) is 20.7 Å². The standard InChI is InChI=1S/C13H16N2O4/c14-10(6-19-7-13(17)18)8-1-3-11-9(5-8)2-4-12(16)15-11/h1,3,5,10H,2,4,6-7,14H2,(H,15,16)(H,17,18). The molecule has 0 aliphatic carbocycles. The van der Waals surface area contributed by atoms with Gasteiger partial charge in [-0.1, -0.05) is 12.1 Å². The van der Waals surface area contributed by atoms with Crippen molar-refractivity contribution in [1.82, 2.24) is 0 Å². The van der Waals surface area contributed by atoms with E-state index in [0.717, 1.165) is 16.8 Å². The number of carbonyl (C=O) groups is 2. The van der Waals surface area contributed by atoms with Crippen LogP contribution in [0, 0.1) is 0 Å². The zero-order valence-electron chi connectivity index (χ0n) is 10.4. The summed E-state index contributed by atoms with van der Waals surface area (Å²) in [6.07, 6.45) is 1.17. The lowest BCUT2D eigenvalue weighted by atomic mass is 9.98. The monoisotopic (exact) mass is 264 g/mol. The van der Waals surface area contributed by atoms with Crippen molar-refractivity contribution in [3.63, 3.8) is 0 Å². The number of aryl methyl sites for hydroxylation is 1. The Bertz CT molecular complexity index is 501. The van der Waals surface area contributed by atoms with Crippen LogP contribution in [-0.4, -0.2) is 30.2 Å². The van der Waals surface area contributed by atoms with E-state index < -0.39 is 5.97 Å². The lowest BCUT2D eigenvalue weighted by Crippen LogP contribution is -2.22. The minimum absolute atomic E-state index is 0.0225. The number of carboxylic acids is 1. The quantitative estimate of drug-likeness (QED) is 0.725. The van der Waals surface area contributed by atoms with Crippen LogP contribution in [0.4, 0.5) is 5.69 Å². The molecule has 1 heterocycles. The molecule has 1 aliphatic heterocycles. The Balaban J connectivity index is 2.01. The predicted molar refractivity (Wildman–Crippen MR) is 68.8 cm³/mol. The van der Waals surface area contributed by atoms with Gasteiger partial charge >= 0.3 is 5.97 Å². The highest BCUT2D eigenvalue weighted by molar-refractivity contribution is 5.93. The maximum absolute atomic E-state index is 11.2. The second kappa shape index (κ2) is 5.81. The number of carbonyl (C=O) groups excluding carboxylic acids is 1. The first-order valence-corrected chi connectivity index (χ1v) is 6.04. The Hall–Kier alpha value is -1.92. The summed E-state index contributed by atoms with van der Waals surface area (Å²) in [5.41, 5.74) is 8.68. The third-order valence-corrected chi connectivity index (χ3v) is 2.98. The average Bonchev–Trinajstić information content (AvgIpc) is 2.37. The van der Waals surface area contributed by atoms with Crippen LogP contribution < -0.4 is 11.1 Å². The zero-order valence-corrected chi connectivity index (χ0v) is 10.4. The molecule has 1 aliphatic rings. The normalized spacial score (nSPS) is 15.5. The molecule has 0 fully saturated rings. The summed E-state index contributed by atoms with van der Waals surface area (Å²) in [6.45, 7) is -0.202. The Morgan fingerprint density at radius 2 is 2.26 bits per heavy atom. The third kappa shape index (κ3) is 3.52. The van der Waals surface area contributed by atoms with Gasteiger partial charge in [-0.3, -0.25) is 4.79 Å². The summed E-state index contributed by atoms with van der Waals surface area (Å²) >= 11 is 0. The lowest BCUT2D eigenvalue weighted by molar-refractivity contribution is -0.142. The molecule has 0 saturated heterocycles. The van der Waals surface area contributed by atoms with Crippen LogP contribution in [0.2, 0.25) is 0 Å². The van der Waals surface area contributed by atoms with Gasteiger partial charge in [-0.2, -0.15) is 0 Å². The molecule has 6 heteroatoms. The van der Waals surface area contributed by atoms with Gasteiger partial charge < -0.3 is 20.9 Å². The highest BCUT2D eigenvalue weighted by atomic mass is 16.5. The molecule has 1 atom stereocenters. The van der Waals surface area contributed by atoms with Crippen LogP contribution in [0.15, 0.2) is 18.2 Å². The van der Waals surface area contributed by atoms with Crippen molar-refractivity contribution >= 4 is 17.6 Å². The van der Waals surface area contributed by atoms with Crippen molar-refractivity contribution in [2.45, 2.75) is 18.9 Å². The molecule has 2 rings (SSSR count). The van der Waals surface area contributed by atoms with Gasteiger partial charge in [-0.15, -0.1) is 0 Å². The molecule has 6 nitrogen and oxygen atoms in total. The molecule has 0 saturated carbocycles. The number of hydrogen-bond acceptors (Lipinski definition) is 4. The molecule has 1 amide bonds. The third-order valence-electron chi connectivity index (χ3n) is 2.98. The van der Waals surface area contributed by atoms with Crippen molar-refractivity contribution in [2.24, 2.45) is 5.73 Å². The summed E-state index contributed by atoms with van der Waals surface area (Å²) in [5, 5.41) is 11.3. The molecule has 4 N–H and O–H groups in total. The maximum Gasteiger partial charge on any atom is 0.329 e. The average molecular weight is 264 g/mol. The molecule has 0 bridgehead atoms. The number of carboxylic acid groups (broad SMARTS) is 1. The number of aliphatic carboxylic acids is 1. The number of nitrogens with one attached hydrogen (secondary N) is 1. The largest absolute Gasteiger partial charge is 0.480 e. The molecule has 0 radical (unpaired) electrons.